The predicted octanol–water partition coefficient (Wildman–Crippen LogP) is 0.632. The van der Waals surface area contributed by atoms with Crippen molar-refractivity contribution < 1.29 is 24.5 Å². The molecule has 2 aromatic carbocycles. The molecule has 0 atom stereocenters. The van der Waals surface area contributed by atoms with Gasteiger partial charge in [-0.25, -0.2) is 4.79 Å². The van der Waals surface area contributed by atoms with Crippen molar-refractivity contribution in [3.63, 3.8) is 0 Å². The Labute approximate surface area is 126 Å². The van der Waals surface area contributed by atoms with Crippen LogP contribution < -0.4 is 5.46 Å². The van der Waals surface area contributed by atoms with Gasteiger partial charge in [0.15, 0.2) is 0 Å². The molecule has 0 aromatic heterocycles. The van der Waals surface area contributed by atoms with Crippen LogP contribution >= 0.6 is 0 Å². The lowest BCUT2D eigenvalue weighted by Crippen LogP contribution is -2.30. The number of carbonyl (C=O) groups excluding carboxylic acids is 1. The van der Waals surface area contributed by atoms with E-state index in [1.807, 2.05) is 6.07 Å². The smallest absolute Gasteiger partial charge is 0.457 e. The number of carbonyl (C=O) groups is 1. The summed E-state index contributed by atoms with van der Waals surface area (Å²) >= 11 is 0. The number of benzene rings is 2. The molecule has 0 aliphatic heterocycles. The van der Waals surface area contributed by atoms with E-state index in [0.29, 0.717) is 0 Å². The van der Waals surface area contributed by atoms with Gasteiger partial charge in [-0.15, -0.1) is 0 Å². The lowest BCUT2D eigenvalue weighted by Gasteiger charge is -2.07. The minimum Gasteiger partial charge on any atom is -0.457 e. The fourth-order valence-electron chi connectivity index (χ4n) is 1.81. The van der Waals surface area contributed by atoms with Gasteiger partial charge in [-0.3, -0.25) is 10.1 Å². The van der Waals surface area contributed by atoms with E-state index in [9.17, 15) is 14.9 Å². The Kier molecular flexibility index (Phi) is 4.87. The van der Waals surface area contributed by atoms with Gasteiger partial charge in [0.2, 0.25) is 0 Å². The Balaban J connectivity index is 2.19. The van der Waals surface area contributed by atoms with Crippen molar-refractivity contribution in [3.8, 4) is 0 Å². The van der Waals surface area contributed by atoms with E-state index < -0.39 is 23.7 Å². The molecular formula is C14H12BNO6. The first-order valence-corrected chi connectivity index (χ1v) is 6.34. The summed E-state index contributed by atoms with van der Waals surface area (Å²) in [4.78, 5) is 22.1. The summed E-state index contributed by atoms with van der Waals surface area (Å²) in [6, 6.07) is 12.1. The third-order valence-corrected chi connectivity index (χ3v) is 2.90. The largest absolute Gasteiger partial charge is 0.488 e. The van der Waals surface area contributed by atoms with Crippen LogP contribution in [0.2, 0.25) is 0 Å². The number of nitro benzene ring substituents is 1. The number of hydrogen-bond donors (Lipinski definition) is 2. The Morgan fingerprint density at radius 2 is 1.86 bits per heavy atom. The molecule has 22 heavy (non-hydrogen) atoms. The van der Waals surface area contributed by atoms with Crippen LogP contribution in [-0.4, -0.2) is 28.1 Å². The van der Waals surface area contributed by atoms with Gasteiger partial charge in [-0.1, -0.05) is 30.3 Å². The number of hydrogen-bond acceptors (Lipinski definition) is 6. The van der Waals surface area contributed by atoms with E-state index >= 15 is 0 Å². The molecule has 0 bridgehead atoms. The highest BCUT2D eigenvalue weighted by Crippen LogP contribution is 2.14. The lowest BCUT2D eigenvalue weighted by molar-refractivity contribution is -0.384. The SMILES string of the molecule is O=C(OCc1ccccc1)c1cc(B(O)O)cc([N+](=O)[O-])c1. The number of non-ortho nitro benzene ring substituents is 1. The van der Waals surface area contributed by atoms with Gasteiger partial charge in [0.05, 0.1) is 10.5 Å². The zero-order chi connectivity index (χ0) is 16.1. The lowest BCUT2D eigenvalue weighted by atomic mass is 9.79. The Morgan fingerprint density at radius 3 is 2.45 bits per heavy atom. The minimum atomic E-state index is -1.92. The molecular weight excluding hydrogens is 289 g/mol. The molecule has 0 unspecified atom stereocenters. The summed E-state index contributed by atoms with van der Waals surface area (Å²) in [6.07, 6.45) is 0. The van der Waals surface area contributed by atoms with Crippen LogP contribution in [0.1, 0.15) is 15.9 Å². The Bertz CT molecular complexity index is 689. The maximum Gasteiger partial charge on any atom is 0.488 e. The van der Waals surface area contributed by atoms with Crippen LogP contribution in [0.4, 0.5) is 5.69 Å². The van der Waals surface area contributed by atoms with E-state index in [0.717, 1.165) is 23.8 Å². The molecule has 0 aliphatic rings. The van der Waals surface area contributed by atoms with Crippen LogP contribution in [0.5, 0.6) is 0 Å². The van der Waals surface area contributed by atoms with E-state index in [-0.39, 0.29) is 17.6 Å². The van der Waals surface area contributed by atoms with Gasteiger partial charge in [0, 0.05) is 12.1 Å². The van der Waals surface area contributed by atoms with Crippen molar-refractivity contribution in [3.05, 3.63) is 69.8 Å². The molecule has 0 heterocycles. The van der Waals surface area contributed by atoms with Crippen LogP contribution in [-0.2, 0) is 11.3 Å². The predicted molar refractivity (Wildman–Crippen MR) is 78.5 cm³/mol. The molecule has 7 nitrogen and oxygen atoms in total. The quantitative estimate of drug-likeness (QED) is 0.363. The molecule has 0 amide bonds. The molecule has 0 saturated heterocycles. The van der Waals surface area contributed by atoms with E-state index in [1.54, 1.807) is 24.3 Å². The number of nitro groups is 1. The highest BCUT2D eigenvalue weighted by molar-refractivity contribution is 6.58. The molecule has 8 heteroatoms. The van der Waals surface area contributed by atoms with Crippen molar-refractivity contribution in [2.24, 2.45) is 0 Å². The molecule has 112 valence electrons. The zero-order valence-corrected chi connectivity index (χ0v) is 11.4. The molecule has 0 aliphatic carbocycles. The van der Waals surface area contributed by atoms with Gasteiger partial charge in [0.1, 0.15) is 6.61 Å². The highest BCUT2D eigenvalue weighted by Gasteiger charge is 2.20. The van der Waals surface area contributed by atoms with Gasteiger partial charge in [-0.2, -0.15) is 0 Å². The van der Waals surface area contributed by atoms with E-state index in [4.69, 9.17) is 14.8 Å². The standard InChI is InChI=1S/C14H12BNO6/c17-14(22-9-10-4-2-1-3-5-10)11-6-12(15(18)19)8-13(7-11)16(20)21/h1-8,18-19H,9H2. The molecule has 0 saturated carbocycles. The van der Waals surface area contributed by atoms with Crippen molar-refractivity contribution in [1.82, 2.24) is 0 Å². The number of esters is 1. The van der Waals surface area contributed by atoms with Gasteiger partial charge >= 0.3 is 13.1 Å². The monoisotopic (exact) mass is 301 g/mol. The van der Waals surface area contributed by atoms with Crippen LogP contribution in [0.25, 0.3) is 0 Å². The van der Waals surface area contributed by atoms with Crippen molar-refractivity contribution in [2.45, 2.75) is 6.61 Å². The van der Waals surface area contributed by atoms with Crippen LogP contribution in [0.3, 0.4) is 0 Å². The number of ether oxygens (including phenoxy) is 1. The third-order valence-electron chi connectivity index (χ3n) is 2.90. The normalized spacial score (nSPS) is 10.1. The second-order valence-corrected chi connectivity index (χ2v) is 4.51. The topological polar surface area (TPSA) is 110 Å². The summed E-state index contributed by atoms with van der Waals surface area (Å²) < 4.78 is 5.06. The second kappa shape index (κ2) is 6.84. The van der Waals surface area contributed by atoms with E-state index in [1.165, 1.54) is 0 Å². The molecule has 2 N–H and O–H groups in total. The van der Waals surface area contributed by atoms with Crippen molar-refractivity contribution in [1.29, 1.82) is 0 Å². The van der Waals surface area contributed by atoms with E-state index in [2.05, 4.69) is 0 Å². The zero-order valence-electron chi connectivity index (χ0n) is 11.4. The maximum atomic E-state index is 12.0. The number of rotatable bonds is 5. The highest BCUT2D eigenvalue weighted by atomic mass is 16.6. The molecule has 0 fully saturated rings. The first kappa shape index (κ1) is 15.7. The average molecular weight is 301 g/mol. The summed E-state index contributed by atoms with van der Waals surface area (Å²) in [5.41, 5.74) is 0.0788. The number of nitrogens with zero attached hydrogens (tertiary/aromatic N) is 1. The van der Waals surface area contributed by atoms with Crippen LogP contribution in [0, 0.1) is 10.1 Å². The second-order valence-electron chi connectivity index (χ2n) is 4.51. The molecule has 0 radical (unpaired) electrons. The summed E-state index contributed by atoms with van der Waals surface area (Å²) in [7, 11) is -1.92. The first-order chi connectivity index (χ1) is 10.5. The van der Waals surface area contributed by atoms with Crippen molar-refractivity contribution >= 4 is 24.2 Å². The maximum absolute atomic E-state index is 12.0. The molecule has 0 spiro atoms. The summed E-state index contributed by atoms with van der Waals surface area (Å²) in [6.45, 7) is 0.0133. The molecule has 2 aromatic rings. The van der Waals surface area contributed by atoms with Crippen LogP contribution in [0.15, 0.2) is 48.5 Å². The van der Waals surface area contributed by atoms with Gasteiger partial charge < -0.3 is 14.8 Å². The van der Waals surface area contributed by atoms with Gasteiger partial charge in [-0.05, 0) is 17.1 Å². The minimum absolute atomic E-state index is 0.0133. The summed E-state index contributed by atoms with van der Waals surface area (Å²) in [5, 5.41) is 29.1. The molecule has 2 rings (SSSR count). The van der Waals surface area contributed by atoms with Crippen molar-refractivity contribution in [2.75, 3.05) is 0 Å². The average Bonchev–Trinajstić information content (AvgIpc) is 2.53. The summed E-state index contributed by atoms with van der Waals surface area (Å²) in [5.74, 6) is -0.783. The fraction of sp³-hybridized carbons (Fsp3) is 0.0714. The van der Waals surface area contributed by atoms with Gasteiger partial charge in [0.25, 0.3) is 5.69 Å². The fourth-order valence-corrected chi connectivity index (χ4v) is 1.81. The third kappa shape index (κ3) is 3.90. The first-order valence-electron chi connectivity index (χ1n) is 6.34. The Hall–Kier alpha value is -2.71. The Morgan fingerprint density at radius 1 is 1.18 bits per heavy atom.